The standard InChI is InChI=1S/C17H19NO3/c1-21-13-3-4-14-12(10-13)6-7-18-15(14)8-11-2-5-16(19)17(20)9-11/h2-5,9-10,15,18-20H,6-8H2,1H3. The van der Waals surface area contributed by atoms with Crippen molar-refractivity contribution in [2.75, 3.05) is 13.7 Å². The fourth-order valence-electron chi connectivity index (χ4n) is 2.87. The normalized spacial score (nSPS) is 17.3. The molecule has 2 aromatic rings. The maximum atomic E-state index is 9.61. The van der Waals surface area contributed by atoms with Gasteiger partial charge < -0.3 is 20.3 Å². The number of rotatable bonds is 3. The van der Waals surface area contributed by atoms with Crippen LogP contribution in [0.15, 0.2) is 36.4 Å². The SMILES string of the molecule is COc1ccc2c(c1)CCNC2Cc1ccc(O)c(O)c1. The van der Waals surface area contributed by atoms with E-state index < -0.39 is 0 Å². The van der Waals surface area contributed by atoms with Gasteiger partial charge in [0.05, 0.1) is 7.11 Å². The van der Waals surface area contributed by atoms with Crippen molar-refractivity contribution in [1.29, 1.82) is 0 Å². The van der Waals surface area contributed by atoms with Crippen LogP contribution in [0, 0.1) is 0 Å². The van der Waals surface area contributed by atoms with E-state index in [-0.39, 0.29) is 17.5 Å². The Morgan fingerprint density at radius 3 is 2.76 bits per heavy atom. The van der Waals surface area contributed by atoms with Gasteiger partial charge in [0.2, 0.25) is 0 Å². The lowest BCUT2D eigenvalue weighted by Gasteiger charge is -2.27. The summed E-state index contributed by atoms with van der Waals surface area (Å²) in [5.74, 6) is 0.732. The van der Waals surface area contributed by atoms with Crippen molar-refractivity contribution in [1.82, 2.24) is 5.32 Å². The molecule has 1 atom stereocenters. The number of fused-ring (bicyclic) bond motifs is 1. The molecule has 0 saturated carbocycles. The lowest BCUT2D eigenvalue weighted by atomic mass is 9.90. The van der Waals surface area contributed by atoms with Gasteiger partial charge in [-0.15, -0.1) is 0 Å². The summed E-state index contributed by atoms with van der Waals surface area (Å²) < 4.78 is 5.28. The number of ether oxygens (including phenoxy) is 1. The summed E-state index contributed by atoms with van der Waals surface area (Å²) in [7, 11) is 1.68. The molecule has 0 aliphatic carbocycles. The molecule has 2 aromatic carbocycles. The third-order valence-electron chi connectivity index (χ3n) is 3.99. The van der Waals surface area contributed by atoms with Crippen LogP contribution in [0.4, 0.5) is 0 Å². The molecular formula is C17H19NO3. The zero-order chi connectivity index (χ0) is 14.8. The summed E-state index contributed by atoms with van der Waals surface area (Å²) >= 11 is 0. The smallest absolute Gasteiger partial charge is 0.157 e. The first-order chi connectivity index (χ1) is 10.2. The van der Waals surface area contributed by atoms with E-state index >= 15 is 0 Å². The Bertz CT molecular complexity index is 654. The number of hydrogen-bond acceptors (Lipinski definition) is 4. The average molecular weight is 285 g/mol. The number of aromatic hydroxyl groups is 2. The average Bonchev–Trinajstić information content (AvgIpc) is 2.50. The second-order valence-corrected chi connectivity index (χ2v) is 5.35. The molecule has 1 unspecified atom stereocenters. The second kappa shape index (κ2) is 5.66. The minimum absolute atomic E-state index is 0.0711. The predicted molar refractivity (Wildman–Crippen MR) is 80.9 cm³/mol. The minimum atomic E-state index is -0.0829. The van der Waals surface area contributed by atoms with E-state index in [0.717, 1.165) is 30.7 Å². The predicted octanol–water partition coefficient (Wildman–Crippen LogP) is 2.54. The molecule has 0 amide bonds. The fourth-order valence-corrected chi connectivity index (χ4v) is 2.87. The number of nitrogens with one attached hydrogen (secondary N) is 1. The van der Waals surface area contributed by atoms with Crippen molar-refractivity contribution < 1.29 is 14.9 Å². The first-order valence-corrected chi connectivity index (χ1v) is 7.08. The van der Waals surface area contributed by atoms with Crippen LogP contribution >= 0.6 is 0 Å². The molecule has 0 aromatic heterocycles. The molecule has 0 fully saturated rings. The van der Waals surface area contributed by atoms with Crippen LogP contribution in [0.25, 0.3) is 0 Å². The van der Waals surface area contributed by atoms with Crippen LogP contribution in [0.5, 0.6) is 17.2 Å². The number of benzene rings is 2. The summed E-state index contributed by atoms with van der Waals surface area (Å²) in [5.41, 5.74) is 3.57. The molecule has 0 spiro atoms. The van der Waals surface area contributed by atoms with E-state index in [9.17, 15) is 10.2 Å². The molecule has 1 heterocycles. The minimum Gasteiger partial charge on any atom is -0.504 e. The van der Waals surface area contributed by atoms with E-state index in [2.05, 4.69) is 17.4 Å². The largest absolute Gasteiger partial charge is 0.504 e. The van der Waals surface area contributed by atoms with Gasteiger partial charge >= 0.3 is 0 Å². The topological polar surface area (TPSA) is 61.7 Å². The van der Waals surface area contributed by atoms with Gasteiger partial charge in [-0.25, -0.2) is 0 Å². The van der Waals surface area contributed by atoms with Crippen molar-refractivity contribution in [3.8, 4) is 17.2 Å². The molecule has 4 heteroatoms. The molecule has 0 bridgehead atoms. The highest BCUT2D eigenvalue weighted by molar-refractivity contribution is 5.43. The highest BCUT2D eigenvalue weighted by atomic mass is 16.5. The van der Waals surface area contributed by atoms with E-state index in [0.29, 0.717) is 0 Å². The molecule has 0 radical (unpaired) electrons. The van der Waals surface area contributed by atoms with Gasteiger partial charge in [0, 0.05) is 6.04 Å². The van der Waals surface area contributed by atoms with Gasteiger partial charge in [0.1, 0.15) is 5.75 Å². The van der Waals surface area contributed by atoms with Gasteiger partial charge in [0.25, 0.3) is 0 Å². The number of phenols is 2. The summed E-state index contributed by atoms with van der Waals surface area (Å²) in [4.78, 5) is 0. The van der Waals surface area contributed by atoms with Crippen LogP contribution in [0.3, 0.4) is 0 Å². The Labute approximate surface area is 124 Å². The van der Waals surface area contributed by atoms with E-state index in [1.807, 2.05) is 12.1 Å². The van der Waals surface area contributed by atoms with Gasteiger partial charge in [0.15, 0.2) is 11.5 Å². The lowest BCUT2D eigenvalue weighted by Crippen LogP contribution is -2.31. The van der Waals surface area contributed by atoms with E-state index in [1.165, 1.54) is 17.2 Å². The van der Waals surface area contributed by atoms with Crippen LogP contribution in [0.1, 0.15) is 22.7 Å². The maximum absolute atomic E-state index is 9.61. The Hall–Kier alpha value is -2.20. The second-order valence-electron chi connectivity index (χ2n) is 5.35. The van der Waals surface area contributed by atoms with Crippen molar-refractivity contribution in [3.05, 3.63) is 53.1 Å². The number of methoxy groups -OCH3 is 1. The van der Waals surface area contributed by atoms with Gasteiger partial charge in [-0.2, -0.15) is 0 Å². The number of phenolic OH excluding ortho intramolecular Hbond substituents is 2. The molecule has 3 N–H and O–H groups in total. The molecule has 0 saturated heterocycles. The summed E-state index contributed by atoms with van der Waals surface area (Å²) in [6.07, 6.45) is 1.76. The molecule has 4 nitrogen and oxygen atoms in total. The highest BCUT2D eigenvalue weighted by Crippen LogP contribution is 2.31. The third kappa shape index (κ3) is 2.81. The molecule has 1 aliphatic rings. The first-order valence-electron chi connectivity index (χ1n) is 7.08. The van der Waals surface area contributed by atoms with Gasteiger partial charge in [-0.05, 0) is 60.3 Å². The molecule has 1 aliphatic heterocycles. The van der Waals surface area contributed by atoms with Crippen LogP contribution in [-0.4, -0.2) is 23.9 Å². The van der Waals surface area contributed by atoms with Crippen molar-refractivity contribution >= 4 is 0 Å². The van der Waals surface area contributed by atoms with Crippen molar-refractivity contribution in [2.24, 2.45) is 0 Å². The van der Waals surface area contributed by atoms with Crippen molar-refractivity contribution in [2.45, 2.75) is 18.9 Å². The molecule has 3 rings (SSSR count). The monoisotopic (exact) mass is 285 g/mol. The Morgan fingerprint density at radius 1 is 1.14 bits per heavy atom. The van der Waals surface area contributed by atoms with Gasteiger partial charge in [-0.3, -0.25) is 0 Å². The van der Waals surface area contributed by atoms with Gasteiger partial charge in [-0.1, -0.05) is 12.1 Å². The van der Waals surface area contributed by atoms with Crippen LogP contribution in [0.2, 0.25) is 0 Å². The highest BCUT2D eigenvalue weighted by Gasteiger charge is 2.20. The zero-order valence-corrected chi connectivity index (χ0v) is 12.0. The zero-order valence-electron chi connectivity index (χ0n) is 12.0. The summed E-state index contributed by atoms with van der Waals surface area (Å²) in [5, 5.41) is 22.5. The first kappa shape index (κ1) is 13.8. The summed E-state index contributed by atoms with van der Waals surface area (Å²) in [6, 6.07) is 11.4. The van der Waals surface area contributed by atoms with E-state index in [1.54, 1.807) is 13.2 Å². The summed E-state index contributed by atoms with van der Waals surface area (Å²) in [6.45, 7) is 0.925. The molecule has 110 valence electrons. The number of hydrogen-bond donors (Lipinski definition) is 3. The fraction of sp³-hybridized carbons (Fsp3) is 0.294. The Kier molecular flexibility index (Phi) is 3.71. The maximum Gasteiger partial charge on any atom is 0.157 e. The quantitative estimate of drug-likeness (QED) is 0.758. The van der Waals surface area contributed by atoms with Crippen LogP contribution < -0.4 is 10.1 Å². The lowest BCUT2D eigenvalue weighted by molar-refractivity contribution is 0.402. The Balaban J connectivity index is 1.86. The third-order valence-corrected chi connectivity index (χ3v) is 3.99. The molecule has 21 heavy (non-hydrogen) atoms. The van der Waals surface area contributed by atoms with Crippen LogP contribution in [-0.2, 0) is 12.8 Å². The molecular weight excluding hydrogens is 266 g/mol. The Morgan fingerprint density at radius 2 is 2.00 bits per heavy atom. The van der Waals surface area contributed by atoms with E-state index in [4.69, 9.17) is 4.74 Å². The van der Waals surface area contributed by atoms with Crippen molar-refractivity contribution in [3.63, 3.8) is 0 Å².